The van der Waals surface area contributed by atoms with Crippen molar-refractivity contribution in [1.82, 2.24) is 14.8 Å². The van der Waals surface area contributed by atoms with Crippen molar-refractivity contribution in [3.8, 4) is 0 Å². The molecule has 2 amide bonds. The van der Waals surface area contributed by atoms with Gasteiger partial charge in [-0.15, -0.1) is 0 Å². The molecule has 0 bridgehead atoms. The molecule has 1 aromatic heterocycles. The summed E-state index contributed by atoms with van der Waals surface area (Å²) in [6.07, 6.45) is 5.33. The number of nitrogens with zero attached hydrogens (tertiary/aromatic N) is 3. The Labute approximate surface area is 141 Å². The van der Waals surface area contributed by atoms with Crippen molar-refractivity contribution in [3.05, 3.63) is 29.6 Å². The maximum atomic E-state index is 12.6. The van der Waals surface area contributed by atoms with Crippen LogP contribution in [0.3, 0.4) is 0 Å². The third-order valence-electron chi connectivity index (χ3n) is 4.70. The van der Waals surface area contributed by atoms with Crippen molar-refractivity contribution in [2.75, 3.05) is 31.6 Å². The van der Waals surface area contributed by atoms with Crippen molar-refractivity contribution in [1.29, 1.82) is 0 Å². The Balaban J connectivity index is 1.75. The summed E-state index contributed by atoms with van der Waals surface area (Å²) in [5.41, 5.74) is 0.710. The smallest absolute Gasteiger partial charge is 0.255 e. The van der Waals surface area contributed by atoms with E-state index >= 15 is 0 Å². The number of carbonyl (C=O) groups excluding carboxylic acids is 2. The van der Waals surface area contributed by atoms with Gasteiger partial charge in [-0.1, -0.05) is 0 Å². The molecule has 0 saturated carbocycles. The number of hydrogen-bond acceptors (Lipinski definition) is 5. The summed E-state index contributed by atoms with van der Waals surface area (Å²) < 4.78 is 23.2. The summed E-state index contributed by atoms with van der Waals surface area (Å²) >= 11 is 0. The second-order valence-corrected chi connectivity index (χ2v) is 8.66. The Kier molecular flexibility index (Phi) is 4.58. The highest BCUT2D eigenvalue weighted by Gasteiger charge is 2.33. The van der Waals surface area contributed by atoms with Crippen LogP contribution in [0.1, 0.15) is 40.0 Å². The van der Waals surface area contributed by atoms with Gasteiger partial charge in [0.2, 0.25) is 0 Å². The van der Waals surface area contributed by atoms with Crippen LogP contribution in [0.2, 0.25) is 0 Å². The molecule has 24 heavy (non-hydrogen) atoms. The fraction of sp³-hybridized carbons (Fsp3) is 0.562. The fourth-order valence-corrected chi connectivity index (χ4v) is 5.00. The van der Waals surface area contributed by atoms with Crippen molar-refractivity contribution in [2.24, 2.45) is 0 Å². The van der Waals surface area contributed by atoms with E-state index in [1.807, 2.05) is 0 Å². The molecule has 0 aliphatic carbocycles. The summed E-state index contributed by atoms with van der Waals surface area (Å²) in [4.78, 5) is 32.3. The standard InChI is InChI=1S/C16H21N3O4S/c1-18(14-4-7-24(22,23)11-14)15(20)12-8-13(10-17-9-12)16(21)19-5-2-3-6-19/h8-10,14H,2-7,11H2,1H3. The first kappa shape index (κ1) is 16.9. The molecule has 8 heteroatoms. The summed E-state index contributed by atoms with van der Waals surface area (Å²) in [6, 6.07) is 1.23. The highest BCUT2D eigenvalue weighted by Crippen LogP contribution is 2.19. The lowest BCUT2D eigenvalue weighted by atomic mass is 10.1. The van der Waals surface area contributed by atoms with Gasteiger partial charge in [0.1, 0.15) is 0 Å². The highest BCUT2D eigenvalue weighted by molar-refractivity contribution is 7.91. The van der Waals surface area contributed by atoms with Crippen molar-refractivity contribution >= 4 is 21.7 Å². The molecule has 2 saturated heterocycles. The van der Waals surface area contributed by atoms with Crippen LogP contribution in [0, 0.1) is 0 Å². The van der Waals surface area contributed by atoms with Gasteiger partial charge in [-0.3, -0.25) is 14.6 Å². The average molecular weight is 351 g/mol. The number of hydrogen-bond donors (Lipinski definition) is 0. The molecule has 130 valence electrons. The summed E-state index contributed by atoms with van der Waals surface area (Å²) in [5.74, 6) is -0.308. The zero-order chi connectivity index (χ0) is 17.3. The number of aromatic nitrogens is 1. The Hall–Kier alpha value is -1.96. The SMILES string of the molecule is CN(C(=O)c1cncc(C(=O)N2CCCC2)c1)C1CCS(=O)(=O)C1. The number of carbonyl (C=O) groups is 2. The average Bonchev–Trinajstić information content (AvgIpc) is 3.22. The van der Waals surface area contributed by atoms with Crippen LogP contribution >= 0.6 is 0 Å². The third kappa shape index (κ3) is 3.43. The Morgan fingerprint density at radius 2 is 1.88 bits per heavy atom. The van der Waals surface area contributed by atoms with Gasteiger partial charge in [-0.2, -0.15) is 0 Å². The summed E-state index contributed by atoms with van der Waals surface area (Å²) in [5, 5.41) is 0. The Morgan fingerprint density at radius 1 is 1.21 bits per heavy atom. The molecule has 0 N–H and O–H groups in total. The van der Waals surface area contributed by atoms with E-state index in [0.717, 1.165) is 25.9 Å². The monoisotopic (exact) mass is 351 g/mol. The van der Waals surface area contributed by atoms with E-state index in [-0.39, 0.29) is 29.4 Å². The van der Waals surface area contributed by atoms with Gasteiger partial charge in [-0.05, 0) is 25.3 Å². The first-order chi connectivity index (χ1) is 11.4. The highest BCUT2D eigenvalue weighted by atomic mass is 32.2. The number of sulfone groups is 1. The molecule has 2 aliphatic heterocycles. The maximum Gasteiger partial charge on any atom is 0.255 e. The molecule has 7 nitrogen and oxygen atoms in total. The molecular weight excluding hydrogens is 330 g/mol. The van der Waals surface area contributed by atoms with E-state index in [4.69, 9.17) is 0 Å². The molecule has 1 atom stereocenters. The number of pyridine rings is 1. The van der Waals surface area contributed by atoms with Gasteiger partial charge >= 0.3 is 0 Å². The predicted octanol–water partition coefficient (Wildman–Crippen LogP) is 0.577. The first-order valence-corrected chi connectivity index (χ1v) is 9.91. The summed E-state index contributed by atoms with van der Waals surface area (Å²) in [6.45, 7) is 1.47. The summed E-state index contributed by atoms with van der Waals surface area (Å²) in [7, 11) is -1.46. The van der Waals surface area contributed by atoms with E-state index in [1.54, 1.807) is 18.0 Å². The second kappa shape index (κ2) is 6.51. The van der Waals surface area contributed by atoms with Gasteiger partial charge in [-0.25, -0.2) is 8.42 Å². The normalized spacial score (nSPS) is 22.5. The van der Waals surface area contributed by atoms with Crippen LogP contribution in [-0.2, 0) is 9.84 Å². The molecule has 3 rings (SSSR count). The molecule has 1 unspecified atom stereocenters. The van der Waals surface area contributed by atoms with Gasteiger partial charge in [0, 0.05) is 38.6 Å². The van der Waals surface area contributed by atoms with Crippen LogP contribution in [0.4, 0.5) is 0 Å². The molecule has 0 aromatic carbocycles. The molecular formula is C16H21N3O4S. The van der Waals surface area contributed by atoms with Gasteiger partial charge in [0.15, 0.2) is 9.84 Å². The third-order valence-corrected chi connectivity index (χ3v) is 6.45. The molecule has 0 radical (unpaired) electrons. The lowest BCUT2D eigenvalue weighted by molar-refractivity contribution is 0.0747. The van der Waals surface area contributed by atoms with Crippen LogP contribution in [-0.4, -0.2) is 72.7 Å². The zero-order valence-electron chi connectivity index (χ0n) is 13.6. The fourth-order valence-electron chi connectivity index (χ4n) is 3.23. The van der Waals surface area contributed by atoms with Crippen LogP contribution < -0.4 is 0 Å². The topological polar surface area (TPSA) is 87.7 Å². The van der Waals surface area contributed by atoms with Crippen molar-refractivity contribution < 1.29 is 18.0 Å². The molecule has 0 spiro atoms. The van der Waals surface area contributed by atoms with Gasteiger partial charge in [0.25, 0.3) is 11.8 Å². The quantitative estimate of drug-likeness (QED) is 0.795. The van der Waals surface area contributed by atoms with Crippen LogP contribution in [0.15, 0.2) is 18.5 Å². The largest absolute Gasteiger partial charge is 0.339 e. The minimum atomic E-state index is -3.06. The first-order valence-electron chi connectivity index (χ1n) is 8.09. The van der Waals surface area contributed by atoms with E-state index in [2.05, 4.69) is 4.98 Å². The number of rotatable bonds is 3. The molecule has 1 aromatic rings. The second-order valence-electron chi connectivity index (χ2n) is 6.43. The molecule has 3 heterocycles. The minimum Gasteiger partial charge on any atom is -0.339 e. The Bertz CT molecular complexity index is 756. The number of amides is 2. The minimum absolute atomic E-state index is 0.00489. The van der Waals surface area contributed by atoms with E-state index in [9.17, 15) is 18.0 Å². The lowest BCUT2D eigenvalue weighted by Crippen LogP contribution is -2.38. The molecule has 2 fully saturated rings. The van der Waals surface area contributed by atoms with Gasteiger partial charge in [0.05, 0.1) is 22.6 Å². The van der Waals surface area contributed by atoms with Crippen molar-refractivity contribution in [2.45, 2.75) is 25.3 Å². The maximum absolute atomic E-state index is 12.6. The predicted molar refractivity (Wildman–Crippen MR) is 88.5 cm³/mol. The van der Waals surface area contributed by atoms with Gasteiger partial charge < -0.3 is 9.80 Å². The lowest BCUT2D eigenvalue weighted by Gasteiger charge is -2.23. The van der Waals surface area contributed by atoms with Crippen LogP contribution in [0.25, 0.3) is 0 Å². The number of likely N-dealkylation sites (tertiary alicyclic amines) is 1. The Morgan fingerprint density at radius 3 is 2.50 bits per heavy atom. The zero-order valence-corrected chi connectivity index (χ0v) is 14.5. The van der Waals surface area contributed by atoms with E-state index < -0.39 is 9.84 Å². The van der Waals surface area contributed by atoms with Crippen molar-refractivity contribution in [3.63, 3.8) is 0 Å². The van der Waals surface area contributed by atoms with E-state index in [1.165, 1.54) is 17.3 Å². The van der Waals surface area contributed by atoms with Crippen LogP contribution in [0.5, 0.6) is 0 Å². The molecule has 2 aliphatic rings. The van der Waals surface area contributed by atoms with E-state index in [0.29, 0.717) is 17.5 Å².